The van der Waals surface area contributed by atoms with Gasteiger partial charge in [0.2, 0.25) is 0 Å². The van der Waals surface area contributed by atoms with Crippen LogP contribution in [0.3, 0.4) is 0 Å². The van der Waals surface area contributed by atoms with Gasteiger partial charge in [0.05, 0.1) is 18.2 Å². The molecule has 4 heteroatoms. The van der Waals surface area contributed by atoms with Crippen LogP contribution >= 0.6 is 0 Å². The maximum atomic E-state index is 13.2. The van der Waals surface area contributed by atoms with Crippen molar-refractivity contribution in [2.45, 2.75) is 6.92 Å². The molecule has 0 bridgehead atoms. The van der Waals surface area contributed by atoms with Crippen LogP contribution in [0.25, 0.3) is 22.1 Å². The van der Waals surface area contributed by atoms with Gasteiger partial charge in [0, 0.05) is 10.9 Å². The maximum Gasteiger partial charge on any atom is 0.337 e. The summed E-state index contributed by atoms with van der Waals surface area (Å²) in [5.74, 6) is -0.0709. The molecule has 1 aromatic heterocycles. The molecule has 0 spiro atoms. The Morgan fingerprint density at radius 3 is 2.14 bits per heavy atom. The van der Waals surface area contributed by atoms with Crippen LogP contribution in [0.5, 0.6) is 0 Å². The number of fused-ring (bicyclic) bond motifs is 1. The molecule has 138 valence electrons. The standard InChI is InChI=1S/C24H18O4/c1-15-22(20-14-19(24(26)27-2)12-13-21(20)28-15)23(25)18-10-8-17(9-11-18)16-6-4-3-5-7-16/h3-14H,1-2H3. The lowest BCUT2D eigenvalue weighted by Crippen LogP contribution is -2.04. The van der Waals surface area contributed by atoms with E-state index < -0.39 is 5.97 Å². The van der Waals surface area contributed by atoms with E-state index in [1.807, 2.05) is 54.6 Å². The van der Waals surface area contributed by atoms with Crippen molar-refractivity contribution in [1.29, 1.82) is 0 Å². The summed E-state index contributed by atoms with van der Waals surface area (Å²) in [5, 5.41) is 0.609. The molecule has 0 radical (unpaired) electrons. The van der Waals surface area contributed by atoms with Crippen LogP contribution in [-0.4, -0.2) is 18.9 Å². The molecule has 4 nitrogen and oxygen atoms in total. The van der Waals surface area contributed by atoms with Crippen molar-refractivity contribution >= 4 is 22.7 Å². The lowest BCUT2D eigenvalue weighted by Gasteiger charge is -2.05. The summed E-state index contributed by atoms with van der Waals surface area (Å²) in [6.07, 6.45) is 0. The molecule has 0 fully saturated rings. The molecule has 0 saturated carbocycles. The zero-order chi connectivity index (χ0) is 19.7. The average Bonchev–Trinajstić information content (AvgIpc) is 3.08. The molecule has 0 atom stereocenters. The van der Waals surface area contributed by atoms with Gasteiger partial charge < -0.3 is 9.15 Å². The van der Waals surface area contributed by atoms with Gasteiger partial charge in [-0.3, -0.25) is 4.79 Å². The highest BCUT2D eigenvalue weighted by atomic mass is 16.5. The number of ketones is 1. The third kappa shape index (κ3) is 3.09. The summed E-state index contributed by atoms with van der Waals surface area (Å²) < 4.78 is 10.5. The highest BCUT2D eigenvalue weighted by molar-refractivity contribution is 6.17. The fourth-order valence-corrected chi connectivity index (χ4v) is 3.34. The van der Waals surface area contributed by atoms with Crippen LogP contribution in [0, 0.1) is 6.92 Å². The number of hydrogen-bond acceptors (Lipinski definition) is 4. The molecule has 1 heterocycles. The van der Waals surface area contributed by atoms with E-state index >= 15 is 0 Å². The summed E-state index contributed by atoms with van der Waals surface area (Å²) in [5.41, 5.74) is 4.11. The Labute approximate surface area is 162 Å². The molecule has 0 aliphatic carbocycles. The second-order valence-corrected chi connectivity index (χ2v) is 6.51. The van der Waals surface area contributed by atoms with Gasteiger partial charge in [0.1, 0.15) is 11.3 Å². The molecule has 0 aliphatic rings. The second-order valence-electron chi connectivity index (χ2n) is 6.51. The van der Waals surface area contributed by atoms with Crippen molar-refractivity contribution in [3.8, 4) is 11.1 Å². The van der Waals surface area contributed by atoms with E-state index in [0.717, 1.165) is 11.1 Å². The number of methoxy groups -OCH3 is 1. The van der Waals surface area contributed by atoms with Crippen LogP contribution in [0.4, 0.5) is 0 Å². The van der Waals surface area contributed by atoms with E-state index in [1.54, 1.807) is 25.1 Å². The number of carbonyl (C=O) groups excluding carboxylic acids is 2. The number of ether oxygens (including phenoxy) is 1. The SMILES string of the molecule is COC(=O)c1ccc2oc(C)c(C(=O)c3ccc(-c4ccccc4)cc3)c2c1. The largest absolute Gasteiger partial charge is 0.465 e. The quantitative estimate of drug-likeness (QED) is 0.355. The van der Waals surface area contributed by atoms with E-state index in [2.05, 4.69) is 0 Å². The molecule has 28 heavy (non-hydrogen) atoms. The smallest absolute Gasteiger partial charge is 0.337 e. The zero-order valence-corrected chi connectivity index (χ0v) is 15.6. The molecule has 0 N–H and O–H groups in total. The number of esters is 1. The predicted molar refractivity (Wildman–Crippen MR) is 108 cm³/mol. The minimum atomic E-state index is -0.452. The van der Waals surface area contributed by atoms with Crippen molar-refractivity contribution < 1.29 is 18.7 Å². The Hall–Kier alpha value is -3.66. The summed E-state index contributed by atoms with van der Waals surface area (Å²) >= 11 is 0. The highest BCUT2D eigenvalue weighted by Gasteiger charge is 2.21. The Bertz CT molecular complexity index is 1170. The van der Waals surface area contributed by atoms with Crippen molar-refractivity contribution in [2.24, 2.45) is 0 Å². The van der Waals surface area contributed by atoms with Gasteiger partial charge >= 0.3 is 5.97 Å². The minimum absolute atomic E-state index is 0.141. The van der Waals surface area contributed by atoms with Crippen LogP contribution in [0.15, 0.2) is 77.2 Å². The average molecular weight is 370 g/mol. The van der Waals surface area contributed by atoms with Crippen LogP contribution in [-0.2, 0) is 4.74 Å². The maximum absolute atomic E-state index is 13.2. The molecule has 0 aliphatic heterocycles. The van der Waals surface area contributed by atoms with E-state index in [9.17, 15) is 9.59 Å². The summed E-state index contributed by atoms with van der Waals surface area (Å²) in [7, 11) is 1.33. The predicted octanol–water partition coefficient (Wildman–Crippen LogP) is 5.43. The van der Waals surface area contributed by atoms with E-state index in [0.29, 0.717) is 33.4 Å². The summed E-state index contributed by atoms with van der Waals surface area (Å²) in [4.78, 5) is 25.0. The molecule has 0 amide bonds. The second kappa shape index (κ2) is 7.16. The van der Waals surface area contributed by atoms with Crippen molar-refractivity contribution in [2.75, 3.05) is 7.11 Å². The summed E-state index contributed by atoms with van der Waals surface area (Å²) in [6, 6.07) is 22.4. The van der Waals surface area contributed by atoms with Crippen molar-refractivity contribution in [3.05, 3.63) is 95.2 Å². The Morgan fingerprint density at radius 1 is 0.821 bits per heavy atom. The third-order valence-corrected chi connectivity index (χ3v) is 4.77. The van der Waals surface area contributed by atoms with Crippen LogP contribution in [0.1, 0.15) is 32.0 Å². The molecule has 0 saturated heterocycles. The molecule has 0 unspecified atom stereocenters. The van der Waals surface area contributed by atoms with Gasteiger partial charge in [-0.05, 0) is 36.2 Å². The lowest BCUT2D eigenvalue weighted by atomic mass is 9.97. The minimum Gasteiger partial charge on any atom is -0.465 e. The van der Waals surface area contributed by atoms with E-state index in [1.165, 1.54) is 7.11 Å². The number of aryl methyl sites for hydroxylation is 1. The van der Waals surface area contributed by atoms with Gasteiger partial charge in [-0.15, -0.1) is 0 Å². The molecule has 4 rings (SSSR count). The Kier molecular flexibility index (Phi) is 4.53. The van der Waals surface area contributed by atoms with Gasteiger partial charge in [-0.2, -0.15) is 0 Å². The number of furan rings is 1. The Balaban J connectivity index is 1.74. The van der Waals surface area contributed by atoms with Crippen LogP contribution < -0.4 is 0 Å². The van der Waals surface area contributed by atoms with E-state index in [4.69, 9.17) is 9.15 Å². The molecular weight excluding hydrogens is 352 g/mol. The topological polar surface area (TPSA) is 56.5 Å². The first-order valence-corrected chi connectivity index (χ1v) is 8.90. The number of benzene rings is 3. The van der Waals surface area contributed by atoms with E-state index in [-0.39, 0.29) is 5.78 Å². The Morgan fingerprint density at radius 2 is 1.46 bits per heavy atom. The highest BCUT2D eigenvalue weighted by Crippen LogP contribution is 2.29. The van der Waals surface area contributed by atoms with Gasteiger partial charge in [0.15, 0.2) is 5.78 Å². The fourth-order valence-electron chi connectivity index (χ4n) is 3.34. The monoisotopic (exact) mass is 370 g/mol. The molecule has 3 aromatic carbocycles. The van der Waals surface area contributed by atoms with Crippen molar-refractivity contribution in [3.63, 3.8) is 0 Å². The van der Waals surface area contributed by atoms with Crippen LogP contribution in [0.2, 0.25) is 0 Å². The van der Waals surface area contributed by atoms with Gasteiger partial charge in [-0.25, -0.2) is 4.79 Å². The fraction of sp³-hybridized carbons (Fsp3) is 0.0833. The van der Waals surface area contributed by atoms with Crippen molar-refractivity contribution in [1.82, 2.24) is 0 Å². The number of hydrogen-bond donors (Lipinski definition) is 0. The first-order valence-electron chi connectivity index (χ1n) is 8.90. The van der Waals surface area contributed by atoms with Gasteiger partial charge in [-0.1, -0.05) is 54.6 Å². The number of carbonyl (C=O) groups is 2. The molecule has 4 aromatic rings. The first kappa shape index (κ1) is 17.7. The normalized spacial score (nSPS) is 10.8. The zero-order valence-electron chi connectivity index (χ0n) is 15.6. The summed E-state index contributed by atoms with van der Waals surface area (Å²) in [6.45, 7) is 1.75. The first-order chi connectivity index (χ1) is 13.6. The lowest BCUT2D eigenvalue weighted by molar-refractivity contribution is 0.0600. The number of rotatable bonds is 4. The third-order valence-electron chi connectivity index (χ3n) is 4.77. The van der Waals surface area contributed by atoms with Gasteiger partial charge in [0.25, 0.3) is 0 Å². The molecular formula is C24H18O4.